The molecule has 1 fully saturated rings. The number of hydrogen-bond donors (Lipinski definition) is 2. The fourth-order valence-electron chi connectivity index (χ4n) is 3.34. The van der Waals surface area contributed by atoms with Gasteiger partial charge in [0.25, 0.3) is 5.91 Å². The van der Waals surface area contributed by atoms with Gasteiger partial charge in [-0.25, -0.2) is 0 Å². The summed E-state index contributed by atoms with van der Waals surface area (Å²) in [5.74, 6) is 0.137. The highest BCUT2D eigenvalue weighted by atomic mass is 35.5. The maximum atomic E-state index is 13.1. The van der Waals surface area contributed by atoms with Gasteiger partial charge in [0, 0.05) is 12.1 Å². The van der Waals surface area contributed by atoms with Crippen LogP contribution < -0.4 is 10.6 Å². The number of amides is 1. The van der Waals surface area contributed by atoms with E-state index in [-0.39, 0.29) is 30.4 Å². The summed E-state index contributed by atoms with van der Waals surface area (Å²) in [4.78, 5) is 12.6. The lowest BCUT2D eigenvalue weighted by Gasteiger charge is -2.15. The van der Waals surface area contributed by atoms with Gasteiger partial charge in [-0.1, -0.05) is 36.4 Å². The summed E-state index contributed by atoms with van der Waals surface area (Å²) in [5, 5.41) is 5.94. The van der Waals surface area contributed by atoms with Crippen LogP contribution >= 0.6 is 12.4 Å². The lowest BCUT2D eigenvalue weighted by Crippen LogP contribution is -2.26. The van der Waals surface area contributed by atoms with E-state index in [0.29, 0.717) is 11.5 Å². The van der Waals surface area contributed by atoms with Crippen LogP contribution in [0.25, 0.3) is 0 Å². The Kier molecular flexibility index (Phi) is 7.27. The zero-order chi connectivity index (χ0) is 18.6. The minimum atomic E-state index is -4.44. The first-order valence-corrected chi connectivity index (χ1v) is 8.67. The number of rotatable bonds is 5. The van der Waals surface area contributed by atoms with Crippen LogP contribution in [-0.4, -0.2) is 19.0 Å². The lowest BCUT2D eigenvalue weighted by atomic mass is 9.94. The Morgan fingerprint density at radius 2 is 1.74 bits per heavy atom. The zero-order valence-corrected chi connectivity index (χ0v) is 15.5. The van der Waals surface area contributed by atoms with Gasteiger partial charge in [0.05, 0.1) is 5.56 Å². The van der Waals surface area contributed by atoms with Crippen molar-refractivity contribution in [2.24, 2.45) is 5.92 Å². The Morgan fingerprint density at radius 3 is 2.41 bits per heavy atom. The Hall–Kier alpha value is -2.05. The molecule has 7 heteroatoms. The van der Waals surface area contributed by atoms with Crippen molar-refractivity contribution in [3.05, 3.63) is 70.8 Å². The topological polar surface area (TPSA) is 41.1 Å². The number of halogens is 4. The molecule has 0 aromatic heterocycles. The monoisotopic (exact) mass is 398 g/mol. The van der Waals surface area contributed by atoms with E-state index < -0.39 is 11.7 Å². The third-order valence-corrected chi connectivity index (χ3v) is 4.70. The number of hydrogen-bond acceptors (Lipinski definition) is 2. The normalized spacial score (nSPS) is 16.6. The third kappa shape index (κ3) is 5.47. The Morgan fingerprint density at radius 1 is 1.07 bits per heavy atom. The summed E-state index contributed by atoms with van der Waals surface area (Å²) in [6.07, 6.45) is -2.58. The van der Waals surface area contributed by atoms with Gasteiger partial charge in [0.15, 0.2) is 0 Å². The smallest absolute Gasteiger partial charge is 0.348 e. The van der Waals surface area contributed by atoms with E-state index in [1.807, 2.05) is 12.1 Å². The molecule has 2 N–H and O–H groups in total. The van der Waals surface area contributed by atoms with Crippen LogP contribution in [0.15, 0.2) is 48.5 Å². The van der Waals surface area contributed by atoms with E-state index >= 15 is 0 Å². The first-order valence-electron chi connectivity index (χ1n) is 8.67. The summed E-state index contributed by atoms with van der Waals surface area (Å²) in [5.41, 5.74) is 0.808. The molecule has 1 heterocycles. The zero-order valence-electron chi connectivity index (χ0n) is 14.7. The molecule has 1 atom stereocenters. The van der Waals surface area contributed by atoms with Crippen LogP contribution in [0.3, 0.4) is 0 Å². The summed E-state index contributed by atoms with van der Waals surface area (Å²) >= 11 is 0. The number of carbonyl (C=O) groups is 1. The molecular weight excluding hydrogens is 377 g/mol. The van der Waals surface area contributed by atoms with Crippen LogP contribution in [0.1, 0.15) is 33.5 Å². The van der Waals surface area contributed by atoms with Crippen LogP contribution in [0.4, 0.5) is 13.2 Å². The maximum Gasteiger partial charge on any atom is 0.416 e. The van der Waals surface area contributed by atoms with Crippen molar-refractivity contribution in [2.75, 3.05) is 13.1 Å². The molecule has 1 aliphatic rings. The van der Waals surface area contributed by atoms with Crippen LogP contribution in [0.5, 0.6) is 0 Å². The molecule has 1 aliphatic heterocycles. The molecule has 0 bridgehead atoms. The molecule has 3 rings (SSSR count). The Bertz CT molecular complexity index is 774. The third-order valence-electron chi connectivity index (χ3n) is 4.70. The van der Waals surface area contributed by atoms with Gasteiger partial charge in [0.2, 0.25) is 0 Å². The largest absolute Gasteiger partial charge is 0.416 e. The van der Waals surface area contributed by atoms with E-state index in [2.05, 4.69) is 10.6 Å². The number of carbonyl (C=O) groups excluding carboxylic acids is 1. The van der Waals surface area contributed by atoms with Crippen molar-refractivity contribution in [1.82, 2.24) is 10.6 Å². The molecule has 0 radical (unpaired) electrons. The van der Waals surface area contributed by atoms with Gasteiger partial charge < -0.3 is 10.6 Å². The molecule has 1 amide bonds. The second-order valence-electron chi connectivity index (χ2n) is 6.56. The maximum absolute atomic E-state index is 13.1. The second-order valence-corrected chi connectivity index (χ2v) is 6.56. The van der Waals surface area contributed by atoms with Gasteiger partial charge in [-0.15, -0.1) is 12.4 Å². The first-order chi connectivity index (χ1) is 12.4. The summed E-state index contributed by atoms with van der Waals surface area (Å²) < 4.78 is 39.2. The molecule has 0 aliphatic carbocycles. The highest BCUT2D eigenvalue weighted by Gasteiger charge is 2.32. The fraction of sp³-hybridized carbons (Fsp3) is 0.350. The quantitative estimate of drug-likeness (QED) is 0.792. The molecule has 3 nitrogen and oxygen atoms in total. The first kappa shape index (κ1) is 21.3. The average molecular weight is 399 g/mol. The predicted molar refractivity (Wildman–Crippen MR) is 101 cm³/mol. The summed E-state index contributed by atoms with van der Waals surface area (Å²) in [6, 6.07) is 12.6. The van der Waals surface area contributed by atoms with Crippen molar-refractivity contribution in [1.29, 1.82) is 0 Å². The standard InChI is InChI=1S/C20H21F3N2O.ClH/c21-20(22,23)18-8-4-2-6-16(18)13-25-19(26)17-7-3-1-5-15(17)11-14-9-10-24-12-14;/h1-8,14,24H,9-13H2,(H,25,26);1H. The van der Waals surface area contributed by atoms with Crippen molar-refractivity contribution in [3.8, 4) is 0 Å². The molecule has 1 saturated heterocycles. The van der Waals surface area contributed by atoms with Gasteiger partial charge in [0.1, 0.15) is 0 Å². The van der Waals surface area contributed by atoms with E-state index in [1.54, 1.807) is 12.1 Å². The van der Waals surface area contributed by atoms with Crippen molar-refractivity contribution < 1.29 is 18.0 Å². The molecule has 27 heavy (non-hydrogen) atoms. The molecule has 1 unspecified atom stereocenters. The van der Waals surface area contributed by atoms with E-state index in [1.165, 1.54) is 18.2 Å². The van der Waals surface area contributed by atoms with E-state index in [0.717, 1.165) is 37.6 Å². The minimum Gasteiger partial charge on any atom is -0.348 e. The second kappa shape index (κ2) is 9.24. The van der Waals surface area contributed by atoms with Gasteiger partial charge in [-0.05, 0) is 55.1 Å². The number of benzene rings is 2. The SMILES string of the molecule is Cl.O=C(NCc1ccccc1C(F)(F)F)c1ccccc1CC1CCNC1. The summed E-state index contributed by atoms with van der Waals surface area (Å²) in [7, 11) is 0. The molecular formula is C20H22ClF3N2O. The molecule has 146 valence electrons. The Labute approximate surface area is 162 Å². The number of alkyl halides is 3. The van der Waals surface area contributed by atoms with Crippen molar-refractivity contribution >= 4 is 18.3 Å². The highest BCUT2D eigenvalue weighted by Crippen LogP contribution is 2.31. The fourth-order valence-corrected chi connectivity index (χ4v) is 3.34. The molecule has 2 aromatic carbocycles. The van der Waals surface area contributed by atoms with Crippen molar-refractivity contribution in [2.45, 2.75) is 25.6 Å². The predicted octanol–water partition coefficient (Wildman–Crippen LogP) is 4.21. The van der Waals surface area contributed by atoms with Crippen LogP contribution in [0, 0.1) is 5.92 Å². The lowest BCUT2D eigenvalue weighted by molar-refractivity contribution is -0.138. The highest BCUT2D eigenvalue weighted by molar-refractivity contribution is 5.95. The average Bonchev–Trinajstić information content (AvgIpc) is 3.13. The van der Waals surface area contributed by atoms with E-state index in [4.69, 9.17) is 0 Å². The minimum absolute atomic E-state index is 0. The Balaban J connectivity index is 0.00000261. The van der Waals surface area contributed by atoms with Gasteiger partial charge >= 0.3 is 6.18 Å². The van der Waals surface area contributed by atoms with Crippen LogP contribution in [0.2, 0.25) is 0 Å². The van der Waals surface area contributed by atoms with Crippen molar-refractivity contribution in [3.63, 3.8) is 0 Å². The molecule has 2 aromatic rings. The van der Waals surface area contributed by atoms with E-state index in [9.17, 15) is 18.0 Å². The summed E-state index contributed by atoms with van der Waals surface area (Å²) in [6.45, 7) is 1.75. The van der Waals surface area contributed by atoms with Gasteiger partial charge in [-0.2, -0.15) is 13.2 Å². The van der Waals surface area contributed by atoms with Crippen LogP contribution in [-0.2, 0) is 19.1 Å². The molecule has 0 saturated carbocycles. The van der Waals surface area contributed by atoms with Gasteiger partial charge in [-0.3, -0.25) is 4.79 Å². The number of nitrogens with one attached hydrogen (secondary N) is 2. The molecule has 0 spiro atoms.